The van der Waals surface area contributed by atoms with Crippen molar-refractivity contribution in [2.24, 2.45) is 4.99 Å². The Morgan fingerprint density at radius 1 is 1.22 bits per heavy atom. The quantitative estimate of drug-likeness (QED) is 0.207. The van der Waals surface area contributed by atoms with Gasteiger partial charge in [0.2, 0.25) is 5.91 Å². The molecule has 1 atom stereocenters. The maximum atomic E-state index is 12.6. The first-order valence-electron chi connectivity index (χ1n) is 10.9. The summed E-state index contributed by atoms with van der Waals surface area (Å²) < 4.78 is 37.9. The van der Waals surface area contributed by atoms with Gasteiger partial charge in [0.15, 0.2) is 5.96 Å². The van der Waals surface area contributed by atoms with Crippen molar-refractivity contribution >= 4 is 35.8 Å². The molecule has 0 radical (unpaired) electrons. The highest BCUT2D eigenvalue weighted by atomic mass is 127. The number of aliphatic imine (C=N–C) groups is 1. The molecular weight excluding hydrogens is 534 g/mol. The van der Waals surface area contributed by atoms with Gasteiger partial charge in [0, 0.05) is 40.3 Å². The number of carbonyl (C=O) groups excluding carboxylic acids is 1. The first kappa shape index (κ1) is 28.5. The van der Waals surface area contributed by atoms with Crippen LogP contribution in [0, 0.1) is 0 Å². The third kappa shape index (κ3) is 9.13. The summed E-state index contributed by atoms with van der Waals surface area (Å²) in [6.45, 7) is 5.68. The summed E-state index contributed by atoms with van der Waals surface area (Å²) >= 11 is 0. The van der Waals surface area contributed by atoms with E-state index in [9.17, 15) is 18.0 Å². The molecule has 32 heavy (non-hydrogen) atoms. The molecule has 1 aliphatic heterocycles. The number of likely N-dealkylation sites (N-methyl/N-ethyl adjacent to an activating group) is 1. The molecule has 0 bridgehead atoms. The second-order valence-electron chi connectivity index (χ2n) is 7.91. The third-order valence-electron chi connectivity index (χ3n) is 5.29. The van der Waals surface area contributed by atoms with Gasteiger partial charge in [-0.15, -0.1) is 24.0 Å². The fourth-order valence-corrected chi connectivity index (χ4v) is 3.66. The Kier molecular flexibility index (Phi) is 12.3. The molecule has 1 unspecified atom stereocenters. The first-order valence-corrected chi connectivity index (χ1v) is 10.9. The molecular formula is C22H35F3IN5O. The van der Waals surface area contributed by atoms with Gasteiger partial charge in [-0.25, -0.2) is 0 Å². The number of guanidine groups is 1. The Morgan fingerprint density at radius 3 is 2.50 bits per heavy atom. The van der Waals surface area contributed by atoms with Crippen LogP contribution in [0.25, 0.3) is 0 Å². The minimum Gasteiger partial charge on any atom is -0.357 e. The number of hydrogen-bond donors (Lipinski definition) is 2. The van der Waals surface area contributed by atoms with Crippen molar-refractivity contribution in [1.29, 1.82) is 0 Å². The number of alkyl halides is 3. The SMILES string of the molecule is CCNC(=NCCCN1CCCC1C(=O)N(C)C)NCCc1ccc(C(F)(F)F)cc1.I. The maximum Gasteiger partial charge on any atom is 0.416 e. The molecule has 10 heteroatoms. The van der Waals surface area contributed by atoms with E-state index in [2.05, 4.69) is 20.5 Å². The van der Waals surface area contributed by atoms with Crippen LogP contribution in [0.5, 0.6) is 0 Å². The lowest BCUT2D eigenvalue weighted by Crippen LogP contribution is -2.43. The standard InChI is InChI=1S/C22H34F3N5O.HI/c1-4-26-21(28-14-12-17-8-10-18(11-9-17)22(23,24)25)27-13-6-16-30-15-5-7-19(30)20(31)29(2)3;/h8-11,19H,4-7,12-16H2,1-3H3,(H2,26,27,28);1H. The van der Waals surface area contributed by atoms with E-state index in [1.807, 2.05) is 6.92 Å². The molecule has 2 rings (SSSR count). The lowest BCUT2D eigenvalue weighted by molar-refractivity contribution is -0.137. The summed E-state index contributed by atoms with van der Waals surface area (Å²) in [5.74, 6) is 0.857. The second-order valence-corrected chi connectivity index (χ2v) is 7.91. The monoisotopic (exact) mass is 569 g/mol. The van der Waals surface area contributed by atoms with Crippen molar-refractivity contribution in [2.45, 2.75) is 44.8 Å². The van der Waals surface area contributed by atoms with Crippen LogP contribution in [-0.2, 0) is 17.4 Å². The van der Waals surface area contributed by atoms with Crippen LogP contribution < -0.4 is 10.6 Å². The van der Waals surface area contributed by atoms with Gasteiger partial charge in [-0.1, -0.05) is 12.1 Å². The average Bonchev–Trinajstić information content (AvgIpc) is 3.18. The van der Waals surface area contributed by atoms with E-state index in [-0.39, 0.29) is 35.9 Å². The number of hydrogen-bond acceptors (Lipinski definition) is 3. The summed E-state index contributed by atoms with van der Waals surface area (Å²) in [6, 6.07) is 5.23. The largest absolute Gasteiger partial charge is 0.416 e. The van der Waals surface area contributed by atoms with Gasteiger partial charge < -0.3 is 15.5 Å². The normalized spacial score (nSPS) is 17.1. The van der Waals surface area contributed by atoms with Gasteiger partial charge in [0.05, 0.1) is 11.6 Å². The molecule has 182 valence electrons. The highest BCUT2D eigenvalue weighted by Crippen LogP contribution is 2.29. The maximum absolute atomic E-state index is 12.6. The van der Waals surface area contributed by atoms with Crippen LogP contribution in [0.4, 0.5) is 13.2 Å². The molecule has 1 fully saturated rings. The Hall–Kier alpha value is -1.56. The van der Waals surface area contributed by atoms with Crippen molar-refractivity contribution in [3.63, 3.8) is 0 Å². The summed E-state index contributed by atoms with van der Waals surface area (Å²) in [5.41, 5.74) is 0.202. The van der Waals surface area contributed by atoms with Crippen LogP contribution in [0.1, 0.15) is 37.3 Å². The highest BCUT2D eigenvalue weighted by molar-refractivity contribution is 14.0. The molecule has 1 aliphatic rings. The molecule has 0 aromatic heterocycles. The van der Waals surface area contributed by atoms with E-state index in [1.54, 1.807) is 19.0 Å². The fraction of sp³-hybridized carbons (Fsp3) is 0.636. The van der Waals surface area contributed by atoms with Crippen molar-refractivity contribution < 1.29 is 18.0 Å². The minimum absolute atomic E-state index is 0. The van der Waals surface area contributed by atoms with E-state index in [0.717, 1.165) is 56.6 Å². The van der Waals surface area contributed by atoms with Gasteiger partial charge >= 0.3 is 6.18 Å². The van der Waals surface area contributed by atoms with Crippen molar-refractivity contribution in [1.82, 2.24) is 20.4 Å². The van der Waals surface area contributed by atoms with Crippen molar-refractivity contribution in [3.05, 3.63) is 35.4 Å². The number of rotatable bonds is 9. The molecule has 0 spiro atoms. The molecule has 1 heterocycles. The molecule has 0 aliphatic carbocycles. The van der Waals surface area contributed by atoms with E-state index >= 15 is 0 Å². The second kappa shape index (κ2) is 13.9. The first-order chi connectivity index (χ1) is 14.7. The van der Waals surface area contributed by atoms with E-state index in [0.29, 0.717) is 25.5 Å². The summed E-state index contributed by atoms with van der Waals surface area (Å²) in [5, 5.41) is 6.41. The van der Waals surface area contributed by atoms with E-state index in [1.165, 1.54) is 12.1 Å². The van der Waals surface area contributed by atoms with Crippen LogP contribution in [0.2, 0.25) is 0 Å². The predicted molar refractivity (Wildman–Crippen MR) is 132 cm³/mol. The molecule has 1 aromatic rings. The van der Waals surface area contributed by atoms with Crippen LogP contribution in [0.15, 0.2) is 29.3 Å². The number of likely N-dealkylation sites (tertiary alicyclic amines) is 1. The van der Waals surface area contributed by atoms with Gasteiger partial charge in [-0.2, -0.15) is 13.2 Å². The molecule has 1 aromatic carbocycles. The lowest BCUT2D eigenvalue weighted by Gasteiger charge is -2.25. The Morgan fingerprint density at radius 2 is 1.91 bits per heavy atom. The van der Waals surface area contributed by atoms with E-state index < -0.39 is 11.7 Å². The topological polar surface area (TPSA) is 60.0 Å². The number of carbonyl (C=O) groups is 1. The third-order valence-corrected chi connectivity index (χ3v) is 5.29. The van der Waals surface area contributed by atoms with Crippen LogP contribution >= 0.6 is 24.0 Å². The van der Waals surface area contributed by atoms with Gasteiger partial charge in [0.1, 0.15) is 0 Å². The smallest absolute Gasteiger partial charge is 0.357 e. The zero-order valence-electron chi connectivity index (χ0n) is 19.0. The molecule has 2 N–H and O–H groups in total. The summed E-state index contributed by atoms with van der Waals surface area (Å²) in [6.07, 6.45) is -0.899. The number of nitrogens with one attached hydrogen (secondary N) is 2. The van der Waals surface area contributed by atoms with Gasteiger partial charge in [-0.05, 0) is 56.8 Å². The Balaban J connectivity index is 0.00000512. The lowest BCUT2D eigenvalue weighted by atomic mass is 10.1. The van der Waals surface area contributed by atoms with Crippen molar-refractivity contribution in [3.8, 4) is 0 Å². The van der Waals surface area contributed by atoms with Crippen LogP contribution in [0.3, 0.4) is 0 Å². The molecule has 0 saturated carbocycles. The number of benzene rings is 1. The molecule has 1 saturated heterocycles. The fourth-order valence-electron chi connectivity index (χ4n) is 3.66. The Labute approximate surface area is 206 Å². The number of amides is 1. The van der Waals surface area contributed by atoms with Crippen LogP contribution in [-0.4, -0.2) is 74.5 Å². The minimum atomic E-state index is -4.31. The average molecular weight is 569 g/mol. The van der Waals surface area contributed by atoms with Gasteiger partial charge in [0.25, 0.3) is 0 Å². The zero-order chi connectivity index (χ0) is 22.9. The highest BCUT2D eigenvalue weighted by Gasteiger charge is 2.31. The van der Waals surface area contributed by atoms with E-state index in [4.69, 9.17) is 0 Å². The molecule has 1 amide bonds. The number of halogens is 4. The zero-order valence-corrected chi connectivity index (χ0v) is 21.4. The van der Waals surface area contributed by atoms with Crippen molar-refractivity contribution in [2.75, 3.05) is 46.8 Å². The summed E-state index contributed by atoms with van der Waals surface area (Å²) in [4.78, 5) is 20.7. The number of nitrogens with zero attached hydrogens (tertiary/aromatic N) is 3. The molecule has 6 nitrogen and oxygen atoms in total. The van der Waals surface area contributed by atoms with Gasteiger partial charge in [-0.3, -0.25) is 14.7 Å². The predicted octanol–water partition coefficient (Wildman–Crippen LogP) is 3.36. The Bertz CT molecular complexity index is 725. The summed E-state index contributed by atoms with van der Waals surface area (Å²) in [7, 11) is 3.59.